The number of rotatable bonds is 6. The quantitative estimate of drug-likeness (QED) is 0.416. The van der Waals surface area contributed by atoms with Crippen LogP contribution in [0.4, 0.5) is 4.39 Å². The number of hydrogen-bond donors (Lipinski definition) is 1. The van der Waals surface area contributed by atoms with Gasteiger partial charge >= 0.3 is 0 Å². The monoisotopic (exact) mass is 493 g/mol. The average Bonchev–Trinajstić information content (AvgIpc) is 3.15. The number of benzene rings is 2. The predicted molar refractivity (Wildman–Crippen MR) is 135 cm³/mol. The molecule has 36 heavy (non-hydrogen) atoms. The lowest BCUT2D eigenvalue weighted by molar-refractivity contribution is -0.124. The highest BCUT2D eigenvalue weighted by Crippen LogP contribution is 2.32. The molecule has 2 aromatic carbocycles. The third-order valence-corrected chi connectivity index (χ3v) is 7.04. The zero-order chi connectivity index (χ0) is 26.1. The molecular formula is C28H32FN3O4. The number of likely N-dealkylation sites (tertiary alicyclic amines) is 1. The van der Waals surface area contributed by atoms with Crippen molar-refractivity contribution < 1.29 is 23.9 Å². The topological polar surface area (TPSA) is 82.9 Å². The summed E-state index contributed by atoms with van der Waals surface area (Å²) in [4.78, 5) is 41.7. The average molecular weight is 494 g/mol. The van der Waals surface area contributed by atoms with Crippen LogP contribution in [0, 0.1) is 18.7 Å². The van der Waals surface area contributed by atoms with Gasteiger partial charge in [-0.25, -0.2) is 4.39 Å². The molecule has 2 amide bonds. The summed E-state index contributed by atoms with van der Waals surface area (Å²) in [5, 5.41) is 11.0. The molecule has 1 saturated heterocycles. The second-order valence-corrected chi connectivity index (χ2v) is 9.79. The first kappa shape index (κ1) is 25.6. The number of ketones is 1. The first-order chi connectivity index (χ1) is 17.1. The molecule has 190 valence electrons. The van der Waals surface area contributed by atoms with Crippen molar-refractivity contribution in [2.75, 3.05) is 27.2 Å². The van der Waals surface area contributed by atoms with Crippen LogP contribution in [0.2, 0.25) is 0 Å². The second-order valence-electron chi connectivity index (χ2n) is 9.79. The molecule has 0 bridgehead atoms. The lowest BCUT2D eigenvalue weighted by atomic mass is 9.90. The Kier molecular flexibility index (Phi) is 7.26. The van der Waals surface area contributed by atoms with E-state index < -0.39 is 17.9 Å². The Morgan fingerprint density at radius 1 is 1.08 bits per heavy atom. The van der Waals surface area contributed by atoms with Gasteiger partial charge in [-0.15, -0.1) is 0 Å². The van der Waals surface area contributed by atoms with E-state index in [4.69, 9.17) is 0 Å². The normalized spacial score (nSPS) is 15.2. The van der Waals surface area contributed by atoms with E-state index in [0.717, 1.165) is 24.8 Å². The van der Waals surface area contributed by atoms with Gasteiger partial charge in [-0.05, 0) is 74.9 Å². The third kappa shape index (κ3) is 4.91. The van der Waals surface area contributed by atoms with E-state index in [9.17, 15) is 23.9 Å². The molecule has 7 nitrogen and oxygen atoms in total. The van der Waals surface area contributed by atoms with E-state index in [0.29, 0.717) is 41.2 Å². The molecule has 1 fully saturated rings. The van der Waals surface area contributed by atoms with Gasteiger partial charge in [0.25, 0.3) is 11.8 Å². The smallest absolute Gasteiger partial charge is 0.294 e. The van der Waals surface area contributed by atoms with E-state index in [1.165, 1.54) is 31.1 Å². The van der Waals surface area contributed by atoms with Gasteiger partial charge in [-0.1, -0.05) is 12.1 Å². The number of hydrogen-bond acceptors (Lipinski definition) is 4. The molecule has 0 spiro atoms. The number of aromatic nitrogens is 1. The number of amides is 2. The SMILES string of the molecule is Cc1c(C(=O)N2CCC(Cc3ccc(F)cc3)CC2)c2cc(C(=O)C(=O)N(C)C)ccc2n1C(C)O. The largest absolute Gasteiger partial charge is 0.374 e. The van der Waals surface area contributed by atoms with Gasteiger partial charge in [-0.2, -0.15) is 0 Å². The molecule has 1 aromatic heterocycles. The molecule has 1 atom stereocenters. The van der Waals surface area contributed by atoms with Crippen molar-refractivity contribution in [2.45, 2.75) is 39.3 Å². The van der Waals surface area contributed by atoms with Gasteiger partial charge in [-0.3, -0.25) is 14.4 Å². The van der Waals surface area contributed by atoms with Gasteiger partial charge in [0.2, 0.25) is 5.78 Å². The van der Waals surface area contributed by atoms with E-state index in [1.807, 2.05) is 4.90 Å². The van der Waals surface area contributed by atoms with E-state index >= 15 is 0 Å². The van der Waals surface area contributed by atoms with Crippen LogP contribution >= 0.6 is 0 Å². The highest BCUT2D eigenvalue weighted by molar-refractivity contribution is 6.43. The van der Waals surface area contributed by atoms with Gasteiger partial charge in [0.1, 0.15) is 12.0 Å². The molecule has 1 N–H and O–H groups in total. The number of likely N-dealkylation sites (N-methyl/N-ethyl adjacent to an activating group) is 1. The second kappa shape index (κ2) is 10.2. The predicted octanol–water partition coefficient (Wildman–Crippen LogP) is 3.97. The van der Waals surface area contributed by atoms with Gasteiger partial charge < -0.3 is 19.5 Å². The summed E-state index contributed by atoms with van der Waals surface area (Å²) in [5.41, 5.74) is 2.97. The molecule has 1 unspecified atom stereocenters. The molecule has 0 radical (unpaired) electrons. The number of carbonyl (C=O) groups is 3. The first-order valence-electron chi connectivity index (χ1n) is 12.2. The minimum absolute atomic E-state index is 0.152. The number of nitrogens with zero attached hydrogens (tertiary/aromatic N) is 3. The minimum Gasteiger partial charge on any atom is -0.374 e. The van der Waals surface area contributed by atoms with Crippen molar-refractivity contribution in [3.05, 3.63) is 70.7 Å². The lowest BCUT2D eigenvalue weighted by Crippen LogP contribution is -2.39. The van der Waals surface area contributed by atoms with E-state index in [1.54, 1.807) is 48.7 Å². The van der Waals surface area contributed by atoms with Crippen LogP contribution in [0.5, 0.6) is 0 Å². The summed E-state index contributed by atoms with van der Waals surface area (Å²) in [5.74, 6) is -1.29. The van der Waals surface area contributed by atoms with Gasteiger partial charge in [0, 0.05) is 43.8 Å². The number of fused-ring (bicyclic) bond motifs is 1. The number of halogens is 1. The van der Waals surface area contributed by atoms with Crippen LogP contribution in [-0.4, -0.2) is 64.3 Å². The molecule has 8 heteroatoms. The summed E-state index contributed by atoms with van der Waals surface area (Å²) in [6.45, 7) is 4.58. The van der Waals surface area contributed by atoms with Crippen molar-refractivity contribution in [3.8, 4) is 0 Å². The summed E-state index contributed by atoms with van der Waals surface area (Å²) in [7, 11) is 3.03. The van der Waals surface area contributed by atoms with E-state index in [-0.39, 0.29) is 17.3 Å². The Balaban J connectivity index is 1.60. The fraction of sp³-hybridized carbons (Fsp3) is 0.393. The summed E-state index contributed by atoms with van der Waals surface area (Å²) < 4.78 is 14.9. The van der Waals surface area contributed by atoms with Crippen LogP contribution in [0.3, 0.4) is 0 Å². The fourth-order valence-corrected chi connectivity index (χ4v) is 5.11. The molecule has 0 saturated carbocycles. The molecular weight excluding hydrogens is 461 g/mol. The molecule has 3 aromatic rings. The molecule has 0 aliphatic carbocycles. The zero-order valence-electron chi connectivity index (χ0n) is 21.1. The van der Waals surface area contributed by atoms with Crippen LogP contribution < -0.4 is 0 Å². The highest BCUT2D eigenvalue weighted by Gasteiger charge is 2.30. The summed E-state index contributed by atoms with van der Waals surface area (Å²) in [6.07, 6.45) is 1.63. The maximum atomic E-state index is 13.7. The lowest BCUT2D eigenvalue weighted by Gasteiger charge is -2.32. The number of carbonyl (C=O) groups excluding carboxylic acids is 3. The highest BCUT2D eigenvalue weighted by atomic mass is 19.1. The van der Waals surface area contributed by atoms with Crippen molar-refractivity contribution in [1.82, 2.24) is 14.4 Å². The Labute approximate surface area is 210 Å². The Morgan fingerprint density at radius 2 is 1.72 bits per heavy atom. The molecule has 2 heterocycles. The van der Waals surface area contributed by atoms with Crippen molar-refractivity contribution in [2.24, 2.45) is 5.92 Å². The van der Waals surface area contributed by atoms with Crippen molar-refractivity contribution >= 4 is 28.5 Å². The standard InChI is InChI=1S/C28H32FN3O4/c1-17-25(27(35)31-13-11-20(12-14-31)15-19-5-8-22(29)9-6-19)23-16-21(26(34)28(36)30(3)4)7-10-24(23)32(17)18(2)33/h5-10,16,18,20,33H,11-15H2,1-4H3. The number of Topliss-reactive ketones (excluding diaryl/α,β-unsaturated/α-hetero) is 1. The van der Waals surface area contributed by atoms with Gasteiger partial charge in [0.15, 0.2) is 0 Å². The zero-order valence-corrected chi connectivity index (χ0v) is 21.1. The van der Waals surface area contributed by atoms with Crippen molar-refractivity contribution in [3.63, 3.8) is 0 Å². The van der Waals surface area contributed by atoms with Crippen molar-refractivity contribution in [1.29, 1.82) is 0 Å². The molecule has 1 aliphatic rings. The van der Waals surface area contributed by atoms with Gasteiger partial charge in [0.05, 0.1) is 11.1 Å². The Hall–Kier alpha value is -3.52. The Bertz CT molecular complexity index is 1300. The molecule has 4 rings (SSSR count). The maximum absolute atomic E-state index is 13.7. The van der Waals surface area contributed by atoms with Crippen LogP contribution in [0.15, 0.2) is 42.5 Å². The molecule has 1 aliphatic heterocycles. The first-order valence-corrected chi connectivity index (χ1v) is 12.2. The maximum Gasteiger partial charge on any atom is 0.294 e. The fourth-order valence-electron chi connectivity index (χ4n) is 5.11. The number of aliphatic hydroxyl groups is 1. The van der Waals surface area contributed by atoms with E-state index in [2.05, 4.69) is 0 Å². The summed E-state index contributed by atoms with van der Waals surface area (Å²) >= 11 is 0. The van der Waals surface area contributed by atoms with Crippen LogP contribution in [0.25, 0.3) is 10.9 Å². The third-order valence-electron chi connectivity index (χ3n) is 7.04. The van der Waals surface area contributed by atoms with Crippen LogP contribution in [0.1, 0.15) is 58.0 Å². The Morgan fingerprint density at radius 3 is 2.31 bits per heavy atom. The number of piperidine rings is 1. The van der Waals surface area contributed by atoms with Crippen LogP contribution in [-0.2, 0) is 11.2 Å². The minimum atomic E-state index is -0.875. The number of aliphatic hydroxyl groups excluding tert-OH is 1. The summed E-state index contributed by atoms with van der Waals surface area (Å²) in [6, 6.07) is 11.4.